The van der Waals surface area contributed by atoms with Crippen LogP contribution >= 0.6 is 159 Å². The molecule has 0 aliphatic heterocycles. The van der Waals surface area contributed by atoms with Gasteiger partial charge in [-0.05, 0) is 138 Å². The first-order valence-corrected chi connectivity index (χ1v) is 53.3. The van der Waals surface area contributed by atoms with Crippen LogP contribution in [0.5, 0.6) is 0 Å². The zero-order valence-electron chi connectivity index (χ0n) is 58.5. The van der Waals surface area contributed by atoms with Crippen molar-refractivity contribution in [1.29, 1.82) is 0 Å². The number of ether oxygens (including phenoxy) is 8. The van der Waals surface area contributed by atoms with Crippen molar-refractivity contribution in [2.75, 3.05) is 259 Å². The van der Waals surface area contributed by atoms with E-state index in [0.29, 0.717) is 65.7 Å². The Labute approximate surface area is 634 Å². The number of alkyl halides is 1. The number of hydrogen-bond donors (Lipinski definition) is 8. The molecule has 0 fully saturated rings. The van der Waals surface area contributed by atoms with Gasteiger partial charge >= 0.3 is 26.4 Å². The molecule has 0 rings (SSSR count). The topological polar surface area (TPSA) is 223 Å². The second-order valence-corrected chi connectivity index (χ2v) is 41.0. The number of rotatable bonds is 72. The summed E-state index contributed by atoms with van der Waals surface area (Å²) in [5, 5.41) is 0.956. The van der Waals surface area contributed by atoms with Crippen LogP contribution in [0.3, 0.4) is 0 Å². The number of thioether (sulfide) groups is 10. The summed E-state index contributed by atoms with van der Waals surface area (Å²) >= 11 is 30.8. The van der Waals surface area contributed by atoms with E-state index in [9.17, 15) is 0 Å². The van der Waals surface area contributed by atoms with Gasteiger partial charge in [0.1, 0.15) is 0 Å². The molecule has 0 heterocycles. The molecule has 6 N–H and O–H groups in total. The predicted molar refractivity (Wildman–Crippen MR) is 441 cm³/mol. The van der Waals surface area contributed by atoms with Gasteiger partial charge in [-0.15, -0.1) is 0 Å². The predicted octanol–water partition coefficient (Wildman–Crippen LogP) is 12.7. The fourth-order valence-electron chi connectivity index (χ4n) is 6.30. The summed E-state index contributed by atoms with van der Waals surface area (Å²) in [6.07, 6.45) is 11.9. The molecule has 0 radical (unpaired) electrons. The molecule has 0 saturated carbocycles. The zero-order chi connectivity index (χ0) is 69.8. The third kappa shape index (κ3) is 110. The minimum absolute atomic E-state index is 0.132. The van der Waals surface area contributed by atoms with Gasteiger partial charge in [-0.2, -0.15) is 143 Å². The molecular formula is C60H135BrO17S12Si3. The maximum Gasteiger partial charge on any atom is 0.500 e. The fourth-order valence-corrected chi connectivity index (χ4v) is 20.2. The summed E-state index contributed by atoms with van der Waals surface area (Å²) in [7, 11) is -5.05. The van der Waals surface area contributed by atoms with Crippen molar-refractivity contribution in [3.63, 3.8) is 0 Å². The third-order valence-corrected chi connectivity index (χ3v) is 27.5. The van der Waals surface area contributed by atoms with Crippen LogP contribution in [-0.2, 0) is 51.2 Å². The van der Waals surface area contributed by atoms with Gasteiger partial charge in [0.25, 0.3) is 0 Å². The smallest absolute Gasteiger partial charge is 0.390 e. The van der Waals surface area contributed by atoms with Gasteiger partial charge in [0.15, 0.2) is 0 Å². The van der Waals surface area contributed by atoms with Crippen molar-refractivity contribution < 1.29 is 79.9 Å². The monoisotopic (exact) mass is 1670 g/mol. The second kappa shape index (κ2) is 94.7. The summed E-state index contributed by atoms with van der Waals surface area (Å²) in [6.45, 7) is 20.2. The lowest BCUT2D eigenvalue weighted by molar-refractivity contribution is 0.0605. The lowest BCUT2D eigenvalue weighted by atomic mass is 10.6. The fraction of sp³-hybridized carbons (Fsp3) is 1.00. The molecule has 0 aliphatic carbocycles. The minimum atomic E-state index is -3.84. The summed E-state index contributed by atoms with van der Waals surface area (Å²) in [4.78, 5) is 53.7. The zero-order valence-corrected chi connectivity index (χ0v) is 73.0. The Balaban J connectivity index is -0.000000460. The minimum Gasteiger partial charge on any atom is -0.390 e. The molecule has 0 aromatic rings. The van der Waals surface area contributed by atoms with Crippen molar-refractivity contribution in [3.05, 3.63) is 0 Å². The van der Waals surface area contributed by atoms with Gasteiger partial charge in [0, 0.05) is 90.8 Å². The van der Waals surface area contributed by atoms with Gasteiger partial charge in [-0.3, -0.25) is 0 Å². The average molecular weight is 1680 g/mol. The Kier molecular flexibility index (Phi) is 108. The van der Waals surface area contributed by atoms with Gasteiger partial charge in [-0.1, -0.05) is 56.5 Å². The second-order valence-electron chi connectivity index (χ2n) is 19.8. The lowest BCUT2D eigenvalue weighted by Crippen LogP contribution is -2.42. The molecule has 0 bridgehead atoms. The third-order valence-electron chi connectivity index (χ3n) is 10.8. The van der Waals surface area contributed by atoms with E-state index in [0.717, 1.165) is 187 Å². The molecule has 0 amide bonds. The Morgan fingerprint density at radius 1 is 0.269 bits per heavy atom. The Morgan fingerprint density at radius 3 is 0.624 bits per heavy atom. The van der Waals surface area contributed by atoms with Crippen molar-refractivity contribution in [2.45, 2.75) is 116 Å². The van der Waals surface area contributed by atoms with E-state index in [4.69, 9.17) is 79.9 Å². The van der Waals surface area contributed by atoms with E-state index in [1.165, 1.54) is 61.5 Å². The lowest BCUT2D eigenvalue weighted by Gasteiger charge is -2.23. The molecule has 0 saturated heterocycles. The van der Waals surface area contributed by atoms with Gasteiger partial charge in [-0.25, -0.2) is 0 Å². The normalized spacial score (nSPS) is 11.6. The molecule has 0 aromatic carbocycles. The summed E-state index contributed by atoms with van der Waals surface area (Å²) in [5.74, 6) is 23.4. The first-order chi connectivity index (χ1) is 45.2. The summed E-state index contributed by atoms with van der Waals surface area (Å²) in [5.41, 5.74) is 0. The van der Waals surface area contributed by atoms with Crippen molar-refractivity contribution in [1.82, 2.24) is 0 Å². The molecular weight excluding hydrogens is 1540 g/mol. The van der Waals surface area contributed by atoms with E-state index in [1.807, 2.05) is 94.1 Å². The van der Waals surface area contributed by atoms with Crippen LogP contribution in [0.25, 0.3) is 0 Å². The molecule has 568 valence electrons. The largest absolute Gasteiger partial charge is 0.500 e. The Hall–Kier alpha value is 4.65. The maximum absolute atomic E-state index is 8.95. The highest BCUT2D eigenvalue weighted by molar-refractivity contribution is 9.09. The van der Waals surface area contributed by atoms with Crippen LogP contribution < -0.4 is 0 Å². The SMILES string of the molecule is CCC.CCC.CO[Si](CCCBr)(OC)OC.O[Si](O)(O)CCCSCCCSCCOCCOCCSCCCSCCOCCOCCSCCCSCCC[Si](O)(O)O.SCCCSCCOCCOCCSCCCSCCOCCOCCSCCCS. The molecule has 33 heteroatoms. The molecule has 0 aromatic heterocycles. The number of thiol groups is 2. The molecule has 0 unspecified atom stereocenters. The Bertz CT molecular complexity index is 1230. The van der Waals surface area contributed by atoms with Crippen LogP contribution in [0, 0.1) is 0 Å². The molecule has 0 aliphatic rings. The molecule has 93 heavy (non-hydrogen) atoms. The van der Waals surface area contributed by atoms with Crippen LogP contribution in [0.15, 0.2) is 0 Å². The van der Waals surface area contributed by atoms with Gasteiger partial charge in [0.2, 0.25) is 0 Å². The number of hydrogen-bond acceptors (Lipinski definition) is 29. The van der Waals surface area contributed by atoms with Crippen molar-refractivity contribution in [2.24, 2.45) is 0 Å². The van der Waals surface area contributed by atoms with Crippen LogP contribution in [0.4, 0.5) is 0 Å². The highest BCUT2D eigenvalue weighted by Gasteiger charge is 2.36. The van der Waals surface area contributed by atoms with Crippen molar-refractivity contribution >= 4 is 185 Å². The first-order valence-electron chi connectivity index (χ1n) is 33.4. The average Bonchev–Trinajstić information content (AvgIpc) is 2.34. The molecule has 0 atom stereocenters. The number of halogens is 1. The van der Waals surface area contributed by atoms with E-state index < -0.39 is 26.4 Å². The van der Waals surface area contributed by atoms with E-state index in [1.54, 1.807) is 44.9 Å². The van der Waals surface area contributed by atoms with E-state index in [2.05, 4.69) is 68.9 Å². The van der Waals surface area contributed by atoms with E-state index in [-0.39, 0.29) is 12.1 Å². The van der Waals surface area contributed by atoms with Crippen LogP contribution in [-0.4, -0.2) is 314 Å². The highest BCUT2D eigenvalue weighted by Crippen LogP contribution is 2.17. The van der Waals surface area contributed by atoms with Crippen LogP contribution in [0.1, 0.15) is 98.3 Å². The quantitative estimate of drug-likeness (QED) is 0.0123. The molecule has 17 nitrogen and oxygen atoms in total. The van der Waals surface area contributed by atoms with Gasteiger partial charge < -0.3 is 79.9 Å². The van der Waals surface area contributed by atoms with E-state index >= 15 is 0 Å². The summed E-state index contributed by atoms with van der Waals surface area (Å²) in [6, 6.07) is 1.13. The molecule has 0 spiro atoms. The summed E-state index contributed by atoms with van der Waals surface area (Å²) < 4.78 is 60.5. The van der Waals surface area contributed by atoms with Crippen LogP contribution in [0.2, 0.25) is 18.1 Å². The highest BCUT2D eigenvalue weighted by atomic mass is 79.9. The standard InChI is InChI=1S/C27H60O10S6Si2.C21H44O4S6.C6H15BrO3Si.2C3H8/c28-44(29,30)26-4-20-38-14-1-16-40-22-10-34-6-8-36-12-24-42-18-3-19-43-25-13-37-9-7-35-11-23-41-17-2-15-39-21-5-27-45(31,32)33;26-12-1-14-28-18-8-22-4-6-24-10-20-30-16-3-17-31-21-11-25-7-5-23-9-19-29-15-2-13-27;1-8-11(9-2,10-3)6-4-5-7;2*1-3-2/h28-33H,1-27H2;26-27H,1-21H2;4-6H2,1-3H3;2*3H2,1-2H3. The van der Waals surface area contributed by atoms with Gasteiger partial charge in [0.05, 0.1) is 106 Å². The Morgan fingerprint density at radius 2 is 0.452 bits per heavy atom. The maximum atomic E-state index is 8.95. The first kappa shape index (κ1) is 106. The van der Waals surface area contributed by atoms with Crippen molar-refractivity contribution in [3.8, 4) is 0 Å².